The van der Waals surface area contributed by atoms with Crippen LogP contribution in [0.3, 0.4) is 0 Å². The summed E-state index contributed by atoms with van der Waals surface area (Å²) in [5.74, 6) is 0.423. The van der Waals surface area contributed by atoms with Crippen molar-refractivity contribution in [3.8, 4) is 0 Å². The van der Waals surface area contributed by atoms with Crippen molar-refractivity contribution in [1.29, 1.82) is 0 Å². The van der Waals surface area contributed by atoms with Crippen LogP contribution in [0.2, 0.25) is 0 Å². The smallest absolute Gasteiger partial charge is 0.315 e. The van der Waals surface area contributed by atoms with E-state index in [1.165, 1.54) is 0 Å². The molecule has 0 aliphatic carbocycles. The second kappa shape index (κ2) is 7.74. The molecule has 146 valence electrons. The van der Waals surface area contributed by atoms with Crippen molar-refractivity contribution < 1.29 is 17.5 Å². The molecule has 1 fully saturated rings. The molecule has 1 aromatic rings. The van der Waals surface area contributed by atoms with E-state index in [0.29, 0.717) is 25.2 Å². The van der Waals surface area contributed by atoms with Crippen molar-refractivity contribution in [2.24, 2.45) is 0 Å². The van der Waals surface area contributed by atoms with Gasteiger partial charge in [-0.1, -0.05) is 45.4 Å². The van der Waals surface area contributed by atoms with Crippen LogP contribution in [0, 0.1) is 6.92 Å². The Balaban J connectivity index is 0. The minimum Gasteiger partial charge on any atom is -0.315 e. The highest BCUT2D eigenvalue weighted by atomic mass is 32.2. The van der Waals surface area contributed by atoms with E-state index < -0.39 is 21.3 Å². The molecule has 0 aromatic heterocycles. The van der Waals surface area contributed by atoms with E-state index in [1.807, 2.05) is 19.1 Å². The number of amides is 2. The first kappa shape index (κ1) is 19.7. The lowest BCUT2D eigenvalue weighted by molar-refractivity contribution is 0.256. The largest absolute Gasteiger partial charge is 0.332 e. The quantitative estimate of drug-likeness (QED) is 0.733. The summed E-state index contributed by atoms with van der Waals surface area (Å²) >= 11 is 0. The second-order valence-corrected chi connectivity index (χ2v) is 9.30. The number of carbonyl (C=O) groups is 1. The molecule has 1 aliphatic rings. The van der Waals surface area contributed by atoms with Gasteiger partial charge in [0.25, 0.3) is 0 Å². The highest BCUT2D eigenvalue weighted by molar-refractivity contribution is 7.90. The van der Waals surface area contributed by atoms with Crippen molar-refractivity contribution >= 4 is 21.7 Å². The molecule has 1 heterocycles. The van der Waals surface area contributed by atoms with E-state index in [-0.39, 0.29) is 16.1 Å². The molecule has 7 heteroatoms. The Hall–Kier alpha value is -1.60. The van der Waals surface area contributed by atoms with E-state index in [9.17, 15) is 13.2 Å². The zero-order valence-corrected chi connectivity index (χ0v) is 16.5. The van der Waals surface area contributed by atoms with Crippen molar-refractivity contribution in [3.05, 3.63) is 28.8 Å². The summed E-state index contributed by atoms with van der Waals surface area (Å²) in [7, 11) is -3.68. The summed E-state index contributed by atoms with van der Waals surface area (Å²) in [6, 6.07) is 3.39. The van der Waals surface area contributed by atoms with Gasteiger partial charge < -0.3 is 10.6 Å². The van der Waals surface area contributed by atoms with Gasteiger partial charge in [0, 0.05) is 16.5 Å². The number of hydrogen-bond donors (Lipinski definition) is 3. The van der Waals surface area contributed by atoms with Gasteiger partial charge in [-0.3, -0.25) is 0 Å². The number of carbonyl (C=O) groups excluding carboxylic acids is 1. The zero-order chi connectivity index (χ0) is 18.8. The monoisotopic (exact) mass is 373 g/mol. The number of aryl methyl sites for hydroxylation is 1. The lowest BCUT2D eigenvalue weighted by atomic mass is 9.90. The van der Waals surface area contributed by atoms with Crippen molar-refractivity contribution in [3.63, 3.8) is 0 Å². The Kier molecular flexibility index (Phi) is 6.11. The van der Waals surface area contributed by atoms with Crippen molar-refractivity contribution in [2.45, 2.75) is 58.1 Å². The molecule has 2 rings (SSSR count). The molecular formula is C18H35N3O3S. The Morgan fingerprint density at radius 1 is 1.20 bits per heavy atom. The lowest BCUT2D eigenvalue weighted by Crippen LogP contribution is -2.41. The fraction of sp³-hybridized carbons (Fsp3) is 0.611. The number of hydrogen-bond acceptors (Lipinski definition) is 4. The first-order valence-electron chi connectivity index (χ1n) is 8.79. The van der Waals surface area contributed by atoms with E-state index >= 15 is 0 Å². The summed E-state index contributed by atoms with van der Waals surface area (Å²) in [5, 5.41) is 5.24. The van der Waals surface area contributed by atoms with Gasteiger partial charge in [0.15, 0.2) is 0 Å². The van der Waals surface area contributed by atoms with E-state index in [2.05, 4.69) is 43.1 Å². The third-order valence-electron chi connectivity index (χ3n) is 4.52. The number of nitrogens with one attached hydrogen (secondary N) is 3. The molecule has 1 atom stereocenters. The summed E-state index contributed by atoms with van der Waals surface area (Å²) in [5.41, 5.74) is 3.87. The molecule has 1 aromatic carbocycles. The van der Waals surface area contributed by atoms with Crippen LogP contribution in [0.15, 0.2) is 12.1 Å². The van der Waals surface area contributed by atoms with Crippen LogP contribution >= 0.6 is 0 Å². The lowest BCUT2D eigenvalue weighted by Gasteiger charge is -2.22. The minimum absolute atomic E-state index is 0. The summed E-state index contributed by atoms with van der Waals surface area (Å²) in [6.07, 6.45) is 0.516. The van der Waals surface area contributed by atoms with Gasteiger partial charge in [0.1, 0.15) is 0 Å². The normalized spacial score (nSPS) is 18.0. The van der Waals surface area contributed by atoms with Crippen LogP contribution in [0.5, 0.6) is 0 Å². The molecule has 0 bridgehead atoms. The molecule has 2 amide bonds. The first-order chi connectivity index (χ1) is 11.6. The molecule has 1 saturated heterocycles. The predicted molar refractivity (Wildman–Crippen MR) is 108 cm³/mol. The summed E-state index contributed by atoms with van der Waals surface area (Å²) in [6.45, 7) is 11.3. The van der Waals surface area contributed by atoms with Gasteiger partial charge >= 0.3 is 6.03 Å². The van der Waals surface area contributed by atoms with Gasteiger partial charge in [-0.2, -0.15) is 0 Å². The Bertz CT molecular complexity index is 721. The van der Waals surface area contributed by atoms with Crippen LogP contribution in [0.4, 0.5) is 10.5 Å². The number of anilines is 1. The van der Waals surface area contributed by atoms with Crippen molar-refractivity contribution in [2.75, 3.05) is 18.4 Å². The molecule has 3 N–H and O–H groups in total. The molecule has 0 saturated carbocycles. The molecular weight excluding hydrogens is 338 g/mol. The van der Waals surface area contributed by atoms with Gasteiger partial charge in [0.2, 0.25) is 10.0 Å². The molecule has 6 nitrogen and oxygen atoms in total. The summed E-state index contributed by atoms with van der Waals surface area (Å²) < 4.78 is 26.8. The number of urea groups is 1. The topological polar surface area (TPSA) is 87.3 Å². The van der Waals surface area contributed by atoms with Crippen molar-refractivity contribution in [1.82, 2.24) is 10.0 Å². The Morgan fingerprint density at radius 2 is 1.76 bits per heavy atom. The maximum Gasteiger partial charge on any atom is 0.332 e. The van der Waals surface area contributed by atoms with Gasteiger partial charge in [-0.15, -0.1) is 0 Å². The fourth-order valence-corrected chi connectivity index (χ4v) is 4.38. The maximum absolute atomic E-state index is 12.4. The summed E-state index contributed by atoms with van der Waals surface area (Å²) in [4.78, 5) is 12.4. The van der Waals surface area contributed by atoms with Gasteiger partial charge in [-0.25, -0.2) is 17.9 Å². The predicted octanol–water partition coefficient (Wildman–Crippen LogP) is 3.79. The van der Waals surface area contributed by atoms with E-state index in [4.69, 9.17) is 0 Å². The van der Waals surface area contributed by atoms with Gasteiger partial charge in [0.05, 0.1) is 5.25 Å². The van der Waals surface area contributed by atoms with Gasteiger partial charge in [-0.05, 0) is 42.9 Å². The first-order valence-corrected chi connectivity index (χ1v) is 10.3. The number of rotatable bonds is 5. The van der Waals surface area contributed by atoms with E-state index in [0.717, 1.165) is 16.7 Å². The zero-order valence-electron chi connectivity index (χ0n) is 15.6. The average molecular weight is 374 g/mol. The Labute approximate surface area is 155 Å². The fourth-order valence-electron chi connectivity index (χ4n) is 3.14. The Morgan fingerprint density at radius 3 is 2.20 bits per heavy atom. The van der Waals surface area contributed by atoms with Crippen LogP contribution < -0.4 is 15.4 Å². The highest BCUT2D eigenvalue weighted by Gasteiger charge is 2.30. The van der Waals surface area contributed by atoms with Crippen LogP contribution in [0.25, 0.3) is 0 Å². The highest BCUT2D eigenvalue weighted by Crippen LogP contribution is 2.33. The number of sulfonamides is 1. The minimum atomic E-state index is -3.68. The van der Waals surface area contributed by atoms with Crippen LogP contribution in [-0.2, 0) is 10.0 Å². The third-order valence-corrected chi connectivity index (χ3v) is 6.27. The SMILES string of the molecule is Cc1cc(C(C)C)c(NC(=O)NS(=O)(=O)C2CCNC2)c(C(C)C)c1.[HH].[HH].[HH]. The van der Waals surface area contributed by atoms with Crippen LogP contribution in [-0.4, -0.2) is 32.8 Å². The van der Waals surface area contributed by atoms with Crippen LogP contribution in [0.1, 0.15) is 66.9 Å². The molecule has 25 heavy (non-hydrogen) atoms. The maximum atomic E-state index is 12.4. The molecule has 1 aliphatic heterocycles. The number of benzene rings is 1. The molecule has 0 radical (unpaired) electrons. The standard InChI is InChI=1S/C18H29N3O3S.3H2/c1-11(2)15-8-13(5)9-16(12(3)4)17(15)20-18(22)21-25(23,24)14-6-7-19-10-14;;;/h8-9,11-12,14,19H,6-7,10H2,1-5H3,(H2,20,21,22);3*1H. The molecule has 1 unspecified atom stereocenters. The average Bonchev–Trinajstić information content (AvgIpc) is 3.02. The second-order valence-electron chi connectivity index (χ2n) is 7.34. The van der Waals surface area contributed by atoms with E-state index in [1.54, 1.807) is 0 Å². The third kappa shape index (κ3) is 4.73. The molecule has 0 spiro atoms.